The molecule has 1 saturated heterocycles. The van der Waals surface area contributed by atoms with E-state index < -0.39 is 5.43 Å². The lowest BCUT2D eigenvalue weighted by Crippen LogP contribution is -2.40. The van der Waals surface area contributed by atoms with Crippen LogP contribution in [-0.2, 0) is 18.7 Å². The Balaban J connectivity index is 2.52. The molecular weight excluding hydrogens is 280 g/mol. The van der Waals surface area contributed by atoms with E-state index in [0.29, 0.717) is 24.0 Å². The molecular formula is C17H28N2O3. The summed E-state index contributed by atoms with van der Waals surface area (Å²) < 4.78 is 1.91. The molecule has 0 aromatic carbocycles. The first-order chi connectivity index (χ1) is 10.3. The number of nitrogens with zero attached hydrogens (tertiary/aromatic N) is 2. The quantitative estimate of drug-likeness (QED) is 0.898. The van der Waals surface area contributed by atoms with E-state index in [-0.39, 0.29) is 17.9 Å². The topological polar surface area (TPSA) is 65.7 Å². The molecule has 2 N–H and O–H groups in total. The molecule has 1 atom stereocenters. The van der Waals surface area contributed by atoms with E-state index >= 15 is 0 Å². The maximum atomic E-state index is 12.0. The van der Waals surface area contributed by atoms with Crippen molar-refractivity contribution in [1.29, 1.82) is 0 Å². The van der Waals surface area contributed by atoms with Crippen LogP contribution in [0.5, 0.6) is 5.75 Å². The van der Waals surface area contributed by atoms with Crippen molar-refractivity contribution in [2.45, 2.75) is 71.7 Å². The summed E-state index contributed by atoms with van der Waals surface area (Å²) in [7, 11) is 0. The second-order valence-electron chi connectivity index (χ2n) is 7.27. The highest BCUT2D eigenvalue weighted by Gasteiger charge is 2.27. The van der Waals surface area contributed by atoms with Crippen LogP contribution in [0, 0.1) is 0 Å². The van der Waals surface area contributed by atoms with Crippen molar-refractivity contribution in [2.24, 2.45) is 0 Å². The third kappa shape index (κ3) is 3.36. The lowest BCUT2D eigenvalue weighted by Gasteiger charge is -2.37. The SMILES string of the molecule is CC1CCCCN1Cc1c(O)c(=O)cc(CO)n1C(C)(C)C. The van der Waals surface area contributed by atoms with Gasteiger partial charge in [-0.2, -0.15) is 0 Å². The maximum Gasteiger partial charge on any atom is 0.223 e. The summed E-state index contributed by atoms with van der Waals surface area (Å²) in [5.41, 5.74) is 0.425. The minimum absolute atomic E-state index is 0.190. The molecule has 2 rings (SSSR count). The number of aliphatic hydroxyl groups is 1. The Morgan fingerprint density at radius 3 is 2.55 bits per heavy atom. The maximum absolute atomic E-state index is 12.0. The van der Waals surface area contributed by atoms with Crippen molar-refractivity contribution in [3.63, 3.8) is 0 Å². The largest absolute Gasteiger partial charge is 0.503 e. The van der Waals surface area contributed by atoms with E-state index in [0.717, 1.165) is 19.4 Å². The summed E-state index contributed by atoms with van der Waals surface area (Å²) in [6, 6.07) is 1.78. The van der Waals surface area contributed by atoms with Crippen LogP contribution in [0.2, 0.25) is 0 Å². The molecule has 0 saturated carbocycles. The highest BCUT2D eigenvalue weighted by Crippen LogP contribution is 2.27. The molecule has 0 bridgehead atoms. The van der Waals surface area contributed by atoms with Gasteiger partial charge in [0.2, 0.25) is 5.43 Å². The van der Waals surface area contributed by atoms with Crippen LogP contribution in [0.3, 0.4) is 0 Å². The van der Waals surface area contributed by atoms with Crippen molar-refractivity contribution in [2.75, 3.05) is 6.54 Å². The molecule has 0 amide bonds. The molecule has 1 aromatic rings. The lowest BCUT2D eigenvalue weighted by atomic mass is 10.0. The van der Waals surface area contributed by atoms with Crippen LogP contribution in [-0.4, -0.2) is 32.3 Å². The summed E-state index contributed by atoms with van der Waals surface area (Å²) >= 11 is 0. The number of aliphatic hydroxyl groups excluding tert-OH is 1. The summed E-state index contributed by atoms with van der Waals surface area (Å²) in [6.07, 6.45) is 3.51. The third-order valence-electron chi connectivity index (χ3n) is 4.49. The van der Waals surface area contributed by atoms with Gasteiger partial charge in [-0.15, -0.1) is 0 Å². The molecule has 5 heteroatoms. The fourth-order valence-electron chi connectivity index (χ4n) is 3.39. The van der Waals surface area contributed by atoms with Gasteiger partial charge in [0.05, 0.1) is 12.3 Å². The van der Waals surface area contributed by atoms with Gasteiger partial charge in [0.15, 0.2) is 5.75 Å². The lowest BCUT2D eigenvalue weighted by molar-refractivity contribution is 0.142. The average molecular weight is 308 g/mol. The molecule has 124 valence electrons. The molecule has 5 nitrogen and oxygen atoms in total. The van der Waals surface area contributed by atoms with Gasteiger partial charge in [-0.05, 0) is 47.1 Å². The molecule has 0 aliphatic carbocycles. The Morgan fingerprint density at radius 2 is 2.00 bits per heavy atom. The molecule has 0 spiro atoms. The first-order valence-corrected chi connectivity index (χ1v) is 8.08. The van der Waals surface area contributed by atoms with Gasteiger partial charge in [-0.25, -0.2) is 0 Å². The minimum Gasteiger partial charge on any atom is -0.503 e. The summed E-state index contributed by atoms with van der Waals surface area (Å²) in [5.74, 6) is -0.190. The van der Waals surface area contributed by atoms with Crippen molar-refractivity contribution in [3.8, 4) is 5.75 Å². The molecule has 2 heterocycles. The van der Waals surface area contributed by atoms with Gasteiger partial charge in [0.25, 0.3) is 0 Å². The van der Waals surface area contributed by atoms with Crippen molar-refractivity contribution >= 4 is 0 Å². The minimum atomic E-state index is -0.413. The van der Waals surface area contributed by atoms with Crippen LogP contribution in [0.1, 0.15) is 58.3 Å². The van der Waals surface area contributed by atoms with Crippen LogP contribution in [0.15, 0.2) is 10.9 Å². The van der Waals surface area contributed by atoms with Gasteiger partial charge in [-0.3, -0.25) is 9.69 Å². The van der Waals surface area contributed by atoms with Crippen LogP contribution >= 0.6 is 0 Å². The fraction of sp³-hybridized carbons (Fsp3) is 0.706. The van der Waals surface area contributed by atoms with Crippen LogP contribution < -0.4 is 5.43 Å². The predicted octanol–water partition coefficient (Wildman–Crippen LogP) is 2.18. The standard InChI is InChI=1S/C17H28N2O3/c1-12-7-5-6-8-18(12)10-14-16(22)15(21)9-13(11-20)19(14)17(2,3)4/h9,12,20,22H,5-8,10-11H2,1-4H3. The predicted molar refractivity (Wildman–Crippen MR) is 87.0 cm³/mol. The zero-order chi connectivity index (χ0) is 16.5. The second-order valence-corrected chi connectivity index (χ2v) is 7.27. The molecule has 1 aliphatic rings. The number of hydrogen-bond donors (Lipinski definition) is 2. The number of hydrogen-bond acceptors (Lipinski definition) is 4. The smallest absolute Gasteiger partial charge is 0.223 e. The first kappa shape index (κ1) is 17.0. The van der Waals surface area contributed by atoms with Crippen LogP contribution in [0.4, 0.5) is 0 Å². The number of aromatic nitrogens is 1. The van der Waals surface area contributed by atoms with Gasteiger partial charge in [0, 0.05) is 29.9 Å². The molecule has 1 aliphatic heterocycles. The van der Waals surface area contributed by atoms with E-state index in [1.54, 1.807) is 0 Å². The molecule has 1 fully saturated rings. The van der Waals surface area contributed by atoms with E-state index in [1.807, 2.05) is 25.3 Å². The third-order valence-corrected chi connectivity index (χ3v) is 4.49. The van der Waals surface area contributed by atoms with Gasteiger partial charge in [-0.1, -0.05) is 6.42 Å². The normalized spacial score (nSPS) is 20.3. The monoisotopic (exact) mass is 308 g/mol. The average Bonchev–Trinajstić information content (AvgIpc) is 2.44. The zero-order valence-corrected chi connectivity index (χ0v) is 14.1. The van der Waals surface area contributed by atoms with E-state index in [1.165, 1.54) is 12.5 Å². The molecule has 1 unspecified atom stereocenters. The van der Waals surface area contributed by atoms with Gasteiger partial charge >= 0.3 is 0 Å². The first-order valence-electron chi connectivity index (χ1n) is 8.08. The Hall–Kier alpha value is -1.33. The second kappa shape index (κ2) is 6.42. The Bertz CT molecular complexity index is 587. The fourth-order valence-corrected chi connectivity index (χ4v) is 3.39. The summed E-state index contributed by atoms with van der Waals surface area (Å²) in [4.78, 5) is 14.3. The van der Waals surface area contributed by atoms with Gasteiger partial charge < -0.3 is 14.8 Å². The number of likely N-dealkylation sites (tertiary alicyclic amines) is 1. The van der Waals surface area contributed by atoms with Crippen molar-refractivity contribution < 1.29 is 10.2 Å². The van der Waals surface area contributed by atoms with E-state index in [4.69, 9.17) is 0 Å². The molecule has 1 aromatic heterocycles. The molecule has 22 heavy (non-hydrogen) atoms. The zero-order valence-electron chi connectivity index (χ0n) is 14.1. The number of aromatic hydroxyl groups is 1. The number of pyridine rings is 1. The van der Waals surface area contributed by atoms with E-state index in [2.05, 4.69) is 11.8 Å². The Labute approximate surface area is 132 Å². The van der Waals surface area contributed by atoms with Crippen molar-refractivity contribution in [1.82, 2.24) is 9.47 Å². The van der Waals surface area contributed by atoms with E-state index in [9.17, 15) is 15.0 Å². The molecule has 0 radical (unpaired) electrons. The summed E-state index contributed by atoms with van der Waals surface area (Å²) in [5, 5.41) is 20.0. The highest BCUT2D eigenvalue weighted by atomic mass is 16.3. The number of piperidine rings is 1. The Kier molecular flexibility index (Phi) is 4.97. The number of rotatable bonds is 3. The van der Waals surface area contributed by atoms with Crippen molar-refractivity contribution in [3.05, 3.63) is 27.7 Å². The highest BCUT2D eigenvalue weighted by molar-refractivity contribution is 5.31. The Morgan fingerprint density at radius 1 is 1.32 bits per heavy atom. The summed E-state index contributed by atoms with van der Waals surface area (Å²) in [6.45, 7) is 9.52. The van der Waals surface area contributed by atoms with Crippen LogP contribution in [0.25, 0.3) is 0 Å². The van der Waals surface area contributed by atoms with Gasteiger partial charge in [0.1, 0.15) is 0 Å².